The summed E-state index contributed by atoms with van der Waals surface area (Å²) in [6.07, 6.45) is 13.1. The molecule has 0 heterocycles. The minimum absolute atomic E-state index is 0.651. The zero-order chi connectivity index (χ0) is 12.5. The van der Waals surface area contributed by atoms with Crippen LogP contribution in [0, 0.1) is 11.8 Å². The number of unbranched alkanes of at least 4 members (excludes halogenated alkanes) is 3. The highest BCUT2D eigenvalue weighted by Crippen LogP contribution is 2.33. The van der Waals surface area contributed by atoms with Crippen LogP contribution in [0.1, 0.15) is 78.6 Å². The summed E-state index contributed by atoms with van der Waals surface area (Å²) in [7, 11) is 0. The van der Waals surface area contributed by atoms with E-state index in [9.17, 15) is 0 Å². The first-order valence-corrected chi connectivity index (χ1v) is 7.97. The van der Waals surface area contributed by atoms with Gasteiger partial charge in [0.1, 0.15) is 0 Å². The maximum absolute atomic E-state index is 3.65. The van der Waals surface area contributed by atoms with Gasteiger partial charge < -0.3 is 5.32 Å². The molecule has 0 aromatic carbocycles. The Morgan fingerprint density at radius 3 is 2.35 bits per heavy atom. The van der Waals surface area contributed by atoms with Gasteiger partial charge in [0.15, 0.2) is 0 Å². The van der Waals surface area contributed by atoms with Crippen LogP contribution in [-0.2, 0) is 0 Å². The second-order valence-corrected chi connectivity index (χ2v) is 6.22. The van der Waals surface area contributed by atoms with Crippen LogP contribution in [0.3, 0.4) is 0 Å². The lowest BCUT2D eigenvalue weighted by Gasteiger charge is -2.32. The summed E-state index contributed by atoms with van der Waals surface area (Å²) in [4.78, 5) is 0. The van der Waals surface area contributed by atoms with E-state index < -0.39 is 0 Å². The molecule has 1 fully saturated rings. The maximum atomic E-state index is 3.65. The monoisotopic (exact) mass is 239 g/mol. The Morgan fingerprint density at radius 1 is 1.00 bits per heavy atom. The van der Waals surface area contributed by atoms with E-state index in [1.54, 1.807) is 0 Å². The molecule has 0 radical (unpaired) electrons. The van der Waals surface area contributed by atoms with Crippen LogP contribution in [0.2, 0.25) is 0 Å². The average Bonchev–Trinajstić information content (AvgIpc) is 2.33. The third-order valence-corrected chi connectivity index (χ3v) is 4.28. The van der Waals surface area contributed by atoms with Gasteiger partial charge in [-0.3, -0.25) is 0 Å². The first kappa shape index (κ1) is 15.0. The van der Waals surface area contributed by atoms with Crippen molar-refractivity contribution < 1.29 is 0 Å². The number of hydrogen-bond donors (Lipinski definition) is 1. The van der Waals surface area contributed by atoms with Crippen LogP contribution in [0.4, 0.5) is 0 Å². The predicted octanol–water partition coefficient (Wildman–Crippen LogP) is 4.76. The van der Waals surface area contributed by atoms with Gasteiger partial charge in [-0.2, -0.15) is 0 Å². The second-order valence-electron chi connectivity index (χ2n) is 6.22. The lowest BCUT2D eigenvalue weighted by molar-refractivity contribution is 0.209. The number of nitrogens with one attached hydrogen (secondary N) is 1. The summed E-state index contributed by atoms with van der Waals surface area (Å²) in [5.41, 5.74) is 0. The van der Waals surface area contributed by atoms with E-state index in [-0.39, 0.29) is 0 Å². The summed E-state index contributed by atoms with van der Waals surface area (Å²) in [5, 5.41) is 3.65. The summed E-state index contributed by atoms with van der Waals surface area (Å²) < 4.78 is 0. The second kappa shape index (κ2) is 8.97. The molecule has 1 saturated carbocycles. The molecular weight excluding hydrogens is 206 g/mol. The van der Waals surface area contributed by atoms with Gasteiger partial charge in [-0.15, -0.1) is 0 Å². The average molecular weight is 239 g/mol. The fourth-order valence-corrected chi connectivity index (χ4v) is 3.15. The van der Waals surface area contributed by atoms with Crippen LogP contribution < -0.4 is 5.32 Å². The quantitative estimate of drug-likeness (QED) is 0.602. The van der Waals surface area contributed by atoms with Gasteiger partial charge in [0.2, 0.25) is 0 Å². The summed E-state index contributed by atoms with van der Waals surface area (Å²) in [6.45, 7) is 8.09. The van der Waals surface area contributed by atoms with E-state index >= 15 is 0 Å². The van der Waals surface area contributed by atoms with Crippen molar-refractivity contribution in [1.82, 2.24) is 5.32 Å². The fourth-order valence-electron chi connectivity index (χ4n) is 3.15. The molecule has 102 valence electrons. The van der Waals surface area contributed by atoms with E-state index in [0.717, 1.165) is 11.8 Å². The van der Waals surface area contributed by atoms with Gasteiger partial charge >= 0.3 is 0 Å². The molecule has 1 aliphatic rings. The normalized spacial score (nSPS) is 25.4. The zero-order valence-corrected chi connectivity index (χ0v) is 12.3. The van der Waals surface area contributed by atoms with E-state index in [0.29, 0.717) is 6.04 Å². The van der Waals surface area contributed by atoms with Crippen LogP contribution >= 0.6 is 0 Å². The minimum Gasteiger partial charge on any atom is -0.314 e. The zero-order valence-electron chi connectivity index (χ0n) is 12.3. The van der Waals surface area contributed by atoms with Crippen molar-refractivity contribution in [2.45, 2.75) is 84.6 Å². The molecule has 0 aromatic rings. The van der Waals surface area contributed by atoms with Crippen molar-refractivity contribution >= 4 is 0 Å². The van der Waals surface area contributed by atoms with Gasteiger partial charge in [-0.25, -0.2) is 0 Å². The highest BCUT2D eigenvalue weighted by atomic mass is 14.9. The number of hydrogen-bond acceptors (Lipinski definition) is 1. The Morgan fingerprint density at radius 2 is 1.71 bits per heavy atom. The molecule has 1 nitrogen and oxygen atoms in total. The summed E-state index contributed by atoms with van der Waals surface area (Å²) in [5.74, 6) is 1.99. The molecular formula is C16H33N. The molecule has 1 aliphatic carbocycles. The minimum atomic E-state index is 0.651. The van der Waals surface area contributed by atoms with Crippen molar-refractivity contribution in [3.63, 3.8) is 0 Å². The number of rotatable bonds is 8. The van der Waals surface area contributed by atoms with E-state index in [1.165, 1.54) is 64.3 Å². The SMILES string of the molecule is CCCCCCC1CCCCC1CNC(C)C. The standard InChI is InChI=1S/C16H33N/c1-4-5-6-7-10-15-11-8-9-12-16(15)13-17-14(2)3/h14-17H,4-13H2,1-3H3. The molecule has 17 heavy (non-hydrogen) atoms. The molecule has 2 atom stereocenters. The largest absolute Gasteiger partial charge is 0.314 e. The summed E-state index contributed by atoms with van der Waals surface area (Å²) >= 11 is 0. The van der Waals surface area contributed by atoms with Gasteiger partial charge in [-0.1, -0.05) is 72.1 Å². The van der Waals surface area contributed by atoms with Crippen molar-refractivity contribution in [3.8, 4) is 0 Å². The van der Waals surface area contributed by atoms with Crippen molar-refractivity contribution in [3.05, 3.63) is 0 Å². The first-order valence-electron chi connectivity index (χ1n) is 7.97. The van der Waals surface area contributed by atoms with Crippen LogP contribution in [-0.4, -0.2) is 12.6 Å². The van der Waals surface area contributed by atoms with Crippen LogP contribution in [0.15, 0.2) is 0 Å². The molecule has 0 aliphatic heterocycles. The molecule has 0 spiro atoms. The molecule has 1 heteroatoms. The molecule has 1 N–H and O–H groups in total. The Bertz CT molecular complexity index is 176. The Labute approximate surface area is 109 Å². The van der Waals surface area contributed by atoms with Crippen molar-refractivity contribution in [2.24, 2.45) is 11.8 Å². The van der Waals surface area contributed by atoms with Crippen LogP contribution in [0.5, 0.6) is 0 Å². The Balaban J connectivity index is 2.22. The van der Waals surface area contributed by atoms with E-state index in [2.05, 4.69) is 26.1 Å². The fraction of sp³-hybridized carbons (Fsp3) is 1.00. The van der Waals surface area contributed by atoms with Gasteiger partial charge in [0.25, 0.3) is 0 Å². The topological polar surface area (TPSA) is 12.0 Å². The van der Waals surface area contributed by atoms with Crippen molar-refractivity contribution in [2.75, 3.05) is 6.54 Å². The molecule has 0 aromatic heterocycles. The lowest BCUT2D eigenvalue weighted by Crippen LogP contribution is -2.34. The lowest BCUT2D eigenvalue weighted by atomic mass is 9.76. The van der Waals surface area contributed by atoms with Crippen LogP contribution in [0.25, 0.3) is 0 Å². The molecule has 2 unspecified atom stereocenters. The van der Waals surface area contributed by atoms with Gasteiger partial charge in [0, 0.05) is 6.04 Å². The van der Waals surface area contributed by atoms with Gasteiger partial charge in [0.05, 0.1) is 0 Å². The third kappa shape index (κ3) is 6.45. The van der Waals surface area contributed by atoms with E-state index in [1.807, 2.05) is 0 Å². The predicted molar refractivity (Wildman–Crippen MR) is 77.3 cm³/mol. The van der Waals surface area contributed by atoms with Crippen molar-refractivity contribution in [1.29, 1.82) is 0 Å². The Kier molecular flexibility index (Phi) is 7.92. The van der Waals surface area contributed by atoms with Gasteiger partial charge in [-0.05, 0) is 24.8 Å². The van der Waals surface area contributed by atoms with E-state index in [4.69, 9.17) is 0 Å². The molecule has 0 saturated heterocycles. The highest BCUT2D eigenvalue weighted by molar-refractivity contribution is 4.77. The molecule has 1 rings (SSSR count). The summed E-state index contributed by atoms with van der Waals surface area (Å²) in [6, 6.07) is 0.651. The molecule has 0 bridgehead atoms. The molecule has 0 amide bonds. The smallest absolute Gasteiger partial charge is 0.00104 e. The first-order chi connectivity index (χ1) is 8.24. The third-order valence-electron chi connectivity index (χ3n) is 4.28. The highest BCUT2D eigenvalue weighted by Gasteiger charge is 2.24. The Hall–Kier alpha value is -0.0400. The maximum Gasteiger partial charge on any atom is 0.00104 e.